The molecule has 0 aromatic heterocycles. The molecule has 2 fully saturated rings. The van der Waals surface area contributed by atoms with Crippen molar-refractivity contribution in [1.82, 2.24) is 4.90 Å². The molecule has 5 atom stereocenters. The van der Waals surface area contributed by atoms with Crippen molar-refractivity contribution in [1.29, 1.82) is 0 Å². The molecule has 3 amide bonds. The van der Waals surface area contributed by atoms with Crippen LogP contribution < -0.4 is 5.32 Å². The van der Waals surface area contributed by atoms with Crippen LogP contribution >= 0.6 is 0 Å². The average Bonchev–Trinajstić information content (AvgIpc) is 3.47. The second-order valence-electron chi connectivity index (χ2n) is 8.87. The van der Waals surface area contributed by atoms with Crippen molar-refractivity contribution in [3.63, 3.8) is 0 Å². The summed E-state index contributed by atoms with van der Waals surface area (Å²) in [6.45, 7) is 1.48. The number of fused-ring (bicyclic) bond motifs is 5. The van der Waals surface area contributed by atoms with Crippen LogP contribution in [-0.2, 0) is 20.8 Å². The number of amides is 3. The van der Waals surface area contributed by atoms with Crippen LogP contribution in [0.1, 0.15) is 29.3 Å². The maximum atomic E-state index is 13.4. The summed E-state index contributed by atoms with van der Waals surface area (Å²) < 4.78 is 0. The first-order valence-corrected chi connectivity index (χ1v) is 10.9. The number of allylic oxidation sites excluding steroid dienone is 2. The number of carbonyl (C=O) groups is 4. The lowest BCUT2D eigenvalue weighted by Crippen LogP contribution is -2.49. The molecule has 6 heteroatoms. The molecule has 3 aliphatic rings. The van der Waals surface area contributed by atoms with Crippen LogP contribution in [0.4, 0.5) is 5.69 Å². The van der Waals surface area contributed by atoms with E-state index in [1.807, 2.05) is 42.5 Å². The molecular formula is C26H24N2O4. The number of likely N-dealkylation sites (tertiary alicyclic amines) is 1. The van der Waals surface area contributed by atoms with Crippen LogP contribution in [0.5, 0.6) is 0 Å². The van der Waals surface area contributed by atoms with Gasteiger partial charge in [-0.15, -0.1) is 0 Å². The Balaban J connectivity index is 1.43. The molecule has 1 saturated heterocycles. The molecule has 5 unspecified atom stereocenters. The summed E-state index contributed by atoms with van der Waals surface area (Å²) in [6, 6.07) is 15.1. The maximum absolute atomic E-state index is 13.4. The number of imide groups is 1. The molecule has 1 heterocycles. The lowest BCUT2D eigenvalue weighted by atomic mass is 9.85. The van der Waals surface area contributed by atoms with E-state index in [1.165, 1.54) is 11.8 Å². The number of nitrogens with zero attached hydrogens (tertiary/aromatic N) is 1. The van der Waals surface area contributed by atoms with Crippen LogP contribution in [-0.4, -0.2) is 34.4 Å². The van der Waals surface area contributed by atoms with E-state index in [4.69, 9.17) is 0 Å². The van der Waals surface area contributed by atoms with Gasteiger partial charge in [-0.1, -0.05) is 42.5 Å². The standard InChI is InChI=1S/C26H24N2O4/c1-15(29)17-9-11-20(12-10-17)27-24(30)21(13-16-5-3-2-4-6-16)28-25(31)22-18-7-8-19(14-18)23(22)26(28)32/h2-12,18-19,21-23H,13-14H2,1H3,(H,27,30). The Kier molecular flexibility index (Phi) is 5.00. The quantitative estimate of drug-likeness (QED) is 0.435. The first-order valence-electron chi connectivity index (χ1n) is 10.9. The van der Waals surface area contributed by atoms with Crippen molar-refractivity contribution in [2.24, 2.45) is 23.7 Å². The number of rotatable bonds is 6. The highest BCUT2D eigenvalue weighted by Crippen LogP contribution is 2.53. The summed E-state index contributed by atoms with van der Waals surface area (Å²) in [7, 11) is 0. The van der Waals surface area contributed by atoms with Gasteiger partial charge in [0.15, 0.2) is 5.78 Å². The van der Waals surface area contributed by atoms with Crippen molar-refractivity contribution >= 4 is 29.2 Å². The summed E-state index contributed by atoms with van der Waals surface area (Å²) in [6.07, 6.45) is 5.18. The Labute approximate surface area is 186 Å². The second-order valence-corrected chi connectivity index (χ2v) is 8.87. The van der Waals surface area contributed by atoms with Crippen molar-refractivity contribution in [3.05, 3.63) is 77.9 Å². The largest absolute Gasteiger partial charge is 0.324 e. The van der Waals surface area contributed by atoms with Crippen LogP contribution in [0.3, 0.4) is 0 Å². The number of ketones is 1. The molecule has 2 aromatic rings. The van der Waals surface area contributed by atoms with Crippen LogP contribution in [0.2, 0.25) is 0 Å². The number of anilines is 1. The lowest BCUT2D eigenvalue weighted by molar-refractivity contribution is -0.147. The minimum absolute atomic E-state index is 0.0622. The minimum atomic E-state index is -0.935. The predicted octanol–water partition coefficient (Wildman–Crippen LogP) is 3.25. The van der Waals surface area contributed by atoms with Crippen molar-refractivity contribution in [3.8, 4) is 0 Å². The van der Waals surface area contributed by atoms with Gasteiger partial charge in [-0.05, 0) is 55.0 Å². The molecule has 5 rings (SSSR count). The second kappa shape index (κ2) is 7.86. The van der Waals surface area contributed by atoms with E-state index >= 15 is 0 Å². The van der Waals surface area contributed by atoms with Crippen molar-refractivity contribution in [2.45, 2.75) is 25.8 Å². The fraction of sp³-hybridized carbons (Fsp3) is 0.308. The van der Waals surface area contributed by atoms with Gasteiger partial charge in [-0.3, -0.25) is 24.1 Å². The molecule has 32 heavy (non-hydrogen) atoms. The summed E-state index contributed by atoms with van der Waals surface area (Å²) >= 11 is 0. The van der Waals surface area contributed by atoms with Gasteiger partial charge >= 0.3 is 0 Å². The van der Waals surface area contributed by atoms with Crippen molar-refractivity contribution in [2.75, 3.05) is 5.32 Å². The molecule has 2 aliphatic carbocycles. The first kappa shape index (κ1) is 20.4. The van der Waals surface area contributed by atoms with Gasteiger partial charge in [0.2, 0.25) is 17.7 Å². The summed E-state index contributed by atoms with van der Waals surface area (Å²) in [4.78, 5) is 52.8. The summed E-state index contributed by atoms with van der Waals surface area (Å²) in [5.74, 6) is -1.46. The molecule has 0 spiro atoms. The molecular weight excluding hydrogens is 404 g/mol. The normalized spacial score (nSPS) is 26.3. The van der Waals surface area contributed by atoms with Crippen LogP contribution in [0, 0.1) is 23.7 Å². The van der Waals surface area contributed by atoms with Gasteiger partial charge in [-0.2, -0.15) is 0 Å². The van der Waals surface area contributed by atoms with E-state index in [1.54, 1.807) is 24.3 Å². The predicted molar refractivity (Wildman–Crippen MR) is 119 cm³/mol. The molecule has 1 N–H and O–H groups in total. The topological polar surface area (TPSA) is 83.6 Å². The highest BCUT2D eigenvalue weighted by molar-refractivity contribution is 6.11. The Hall–Kier alpha value is -3.54. The van der Waals surface area contributed by atoms with Crippen molar-refractivity contribution < 1.29 is 19.2 Å². The monoisotopic (exact) mass is 428 g/mol. The van der Waals surface area contributed by atoms with E-state index in [0.29, 0.717) is 11.3 Å². The van der Waals surface area contributed by atoms with Crippen LogP contribution in [0.25, 0.3) is 0 Å². The third-order valence-corrected chi connectivity index (χ3v) is 6.95. The third kappa shape index (κ3) is 3.36. The molecule has 2 bridgehead atoms. The third-order valence-electron chi connectivity index (χ3n) is 6.95. The van der Waals surface area contributed by atoms with Gasteiger partial charge in [0, 0.05) is 17.7 Å². The number of carbonyl (C=O) groups excluding carboxylic acids is 4. The fourth-order valence-electron chi connectivity index (χ4n) is 5.38. The lowest BCUT2D eigenvalue weighted by Gasteiger charge is -2.27. The van der Waals surface area contributed by atoms with Gasteiger partial charge in [0.1, 0.15) is 6.04 Å². The fourth-order valence-corrected chi connectivity index (χ4v) is 5.38. The zero-order valence-electron chi connectivity index (χ0n) is 17.7. The van der Waals surface area contributed by atoms with E-state index in [0.717, 1.165) is 12.0 Å². The number of Topliss-reactive ketones (excluding diaryl/α,β-unsaturated/α-hetero) is 1. The smallest absolute Gasteiger partial charge is 0.248 e. The van der Waals surface area contributed by atoms with Gasteiger partial charge in [0.05, 0.1) is 11.8 Å². The van der Waals surface area contributed by atoms with E-state index < -0.39 is 11.9 Å². The van der Waals surface area contributed by atoms with Gasteiger partial charge in [-0.25, -0.2) is 0 Å². The Morgan fingerprint density at radius 3 is 2.09 bits per heavy atom. The minimum Gasteiger partial charge on any atom is -0.324 e. The first-order chi connectivity index (χ1) is 15.4. The molecule has 1 saturated carbocycles. The zero-order valence-corrected chi connectivity index (χ0v) is 17.7. The zero-order chi connectivity index (χ0) is 22.4. The van der Waals surface area contributed by atoms with E-state index in [9.17, 15) is 19.2 Å². The highest BCUT2D eigenvalue weighted by Gasteiger charge is 2.61. The number of nitrogens with one attached hydrogen (secondary N) is 1. The molecule has 162 valence electrons. The van der Waals surface area contributed by atoms with E-state index in [2.05, 4.69) is 5.32 Å². The molecule has 6 nitrogen and oxygen atoms in total. The highest BCUT2D eigenvalue weighted by atomic mass is 16.2. The SMILES string of the molecule is CC(=O)c1ccc(NC(=O)C(Cc2ccccc2)N2C(=O)C3C4C=CC(C4)C3C2=O)cc1. The van der Waals surface area contributed by atoms with Gasteiger partial charge in [0.25, 0.3) is 0 Å². The number of hydrogen-bond acceptors (Lipinski definition) is 4. The van der Waals surface area contributed by atoms with Gasteiger partial charge < -0.3 is 5.32 Å². The summed E-state index contributed by atoms with van der Waals surface area (Å²) in [5.41, 5.74) is 1.93. The molecule has 2 aromatic carbocycles. The maximum Gasteiger partial charge on any atom is 0.248 e. The Morgan fingerprint density at radius 1 is 0.938 bits per heavy atom. The summed E-state index contributed by atoms with van der Waals surface area (Å²) in [5, 5.41) is 2.84. The number of hydrogen-bond donors (Lipinski definition) is 1. The Bertz CT molecular complexity index is 1090. The van der Waals surface area contributed by atoms with Crippen LogP contribution in [0.15, 0.2) is 66.7 Å². The Morgan fingerprint density at radius 2 is 1.53 bits per heavy atom. The number of benzene rings is 2. The average molecular weight is 428 g/mol. The molecule has 1 aliphatic heterocycles. The van der Waals surface area contributed by atoms with E-state index in [-0.39, 0.29) is 47.7 Å². The molecule has 0 radical (unpaired) electrons.